The van der Waals surface area contributed by atoms with Gasteiger partial charge in [-0.15, -0.1) is 0 Å². The molecule has 5 nitrogen and oxygen atoms in total. The maximum absolute atomic E-state index is 12.8. The average Bonchev–Trinajstić information content (AvgIpc) is 3.12. The molecule has 3 saturated carbocycles. The fraction of sp³-hybridized carbons (Fsp3) is 0.667. The Bertz CT molecular complexity index is 909. The lowest BCUT2D eigenvalue weighted by Crippen LogP contribution is -2.35. The first-order valence-corrected chi connectivity index (χ1v) is 13.2. The number of allylic oxidation sites excluding steroid dienone is 6. The molecule has 0 spiro atoms. The second-order valence-corrected chi connectivity index (χ2v) is 11.9. The van der Waals surface area contributed by atoms with Crippen LogP contribution in [0, 0.1) is 22.7 Å². The van der Waals surface area contributed by atoms with E-state index in [0.717, 1.165) is 43.3 Å². The molecule has 3 aliphatic carbocycles. The highest BCUT2D eigenvalue weighted by Gasteiger charge is 2.49. The Hall–Kier alpha value is -1.98. The van der Waals surface area contributed by atoms with Gasteiger partial charge in [-0.3, -0.25) is 9.59 Å². The summed E-state index contributed by atoms with van der Waals surface area (Å²) in [6.45, 7) is 13.5. The summed E-state index contributed by atoms with van der Waals surface area (Å²) in [7, 11) is 0. The Kier molecular flexibility index (Phi) is 8.64. The lowest BCUT2D eigenvalue weighted by molar-refractivity contribution is -0.160. The minimum atomic E-state index is -1.22. The molecule has 0 aliphatic heterocycles. The van der Waals surface area contributed by atoms with E-state index in [1.807, 2.05) is 6.08 Å². The molecule has 2 N–H and O–H groups in total. The van der Waals surface area contributed by atoms with Crippen molar-refractivity contribution < 1.29 is 24.5 Å². The molecule has 194 valence electrons. The number of ether oxygens (including phenoxy) is 1. The number of rotatable bonds is 7. The van der Waals surface area contributed by atoms with Crippen LogP contribution in [-0.4, -0.2) is 40.3 Å². The van der Waals surface area contributed by atoms with Crippen molar-refractivity contribution in [3.63, 3.8) is 0 Å². The molecule has 3 rings (SSSR count). The first-order valence-electron chi connectivity index (χ1n) is 13.2. The Morgan fingerprint density at radius 2 is 1.77 bits per heavy atom. The Balaban J connectivity index is 1.71. The number of aliphatic hydroxyl groups is 2. The van der Waals surface area contributed by atoms with Crippen LogP contribution in [-0.2, 0) is 14.3 Å². The van der Waals surface area contributed by atoms with Crippen LogP contribution in [0.4, 0.5) is 0 Å². The number of fused-ring (bicyclic) bond motifs is 1. The summed E-state index contributed by atoms with van der Waals surface area (Å²) >= 11 is 0. The van der Waals surface area contributed by atoms with Gasteiger partial charge >= 0.3 is 5.97 Å². The molecular weight excluding hydrogens is 440 g/mol. The van der Waals surface area contributed by atoms with Gasteiger partial charge in [0.05, 0.1) is 18.3 Å². The molecule has 5 atom stereocenters. The largest absolute Gasteiger partial charge is 0.462 e. The van der Waals surface area contributed by atoms with Crippen molar-refractivity contribution in [1.82, 2.24) is 0 Å². The molecule has 0 aromatic carbocycles. The SMILES string of the molecule is C=C(/C=C/C(=O)C(C)(C)C(=O)OC(C)C)[C@H]1CC[C@H]2/C(=C/C=C3C[C@@H](O)C[C@H](O)C3)CCC[C@]12C. The lowest BCUT2D eigenvalue weighted by Gasteiger charge is -2.42. The van der Waals surface area contributed by atoms with Gasteiger partial charge in [0.25, 0.3) is 0 Å². The third-order valence-corrected chi connectivity index (χ3v) is 8.40. The quantitative estimate of drug-likeness (QED) is 0.212. The molecular formula is C30H44O5. The maximum Gasteiger partial charge on any atom is 0.319 e. The van der Waals surface area contributed by atoms with Gasteiger partial charge in [0.1, 0.15) is 5.41 Å². The van der Waals surface area contributed by atoms with Crippen molar-refractivity contribution in [2.24, 2.45) is 22.7 Å². The molecule has 0 saturated heterocycles. The first-order chi connectivity index (χ1) is 16.3. The van der Waals surface area contributed by atoms with Gasteiger partial charge in [0.15, 0.2) is 5.78 Å². The van der Waals surface area contributed by atoms with E-state index in [-0.39, 0.29) is 23.2 Å². The molecule has 3 fully saturated rings. The van der Waals surface area contributed by atoms with Crippen molar-refractivity contribution in [3.05, 3.63) is 47.6 Å². The number of esters is 1. The van der Waals surface area contributed by atoms with Crippen LogP contribution in [0.1, 0.15) is 86.0 Å². The molecule has 5 heteroatoms. The molecule has 0 radical (unpaired) electrons. The Morgan fingerprint density at radius 3 is 2.40 bits per heavy atom. The van der Waals surface area contributed by atoms with Crippen LogP contribution < -0.4 is 0 Å². The van der Waals surface area contributed by atoms with Gasteiger partial charge in [0, 0.05) is 0 Å². The fourth-order valence-corrected chi connectivity index (χ4v) is 6.35. The number of ketones is 1. The summed E-state index contributed by atoms with van der Waals surface area (Å²) in [6, 6.07) is 0. The van der Waals surface area contributed by atoms with E-state index in [0.29, 0.717) is 25.2 Å². The summed E-state index contributed by atoms with van der Waals surface area (Å²) in [6.07, 6.45) is 13.7. The number of carbonyl (C=O) groups excluding carboxylic acids is 2. The number of hydrogen-bond donors (Lipinski definition) is 2. The lowest BCUT2D eigenvalue weighted by atomic mass is 9.62. The fourth-order valence-electron chi connectivity index (χ4n) is 6.35. The van der Waals surface area contributed by atoms with Crippen molar-refractivity contribution in [2.45, 2.75) is 104 Å². The van der Waals surface area contributed by atoms with Gasteiger partial charge in [-0.25, -0.2) is 0 Å². The van der Waals surface area contributed by atoms with E-state index >= 15 is 0 Å². The van der Waals surface area contributed by atoms with Crippen LogP contribution in [0.3, 0.4) is 0 Å². The Labute approximate surface area is 211 Å². The maximum atomic E-state index is 12.8. The number of carbonyl (C=O) groups is 2. The summed E-state index contributed by atoms with van der Waals surface area (Å²) in [5, 5.41) is 20.0. The summed E-state index contributed by atoms with van der Waals surface area (Å²) < 4.78 is 5.26. The van der Waals surface area contributed by atoms with E-state index in [1.54, 1.807) is 27.7 Å². The highest BCUT2D eigenvalue weighted by atomic mass is 16.5. The number of aliphatic hydroxyl groups excluding tert-OH is 2. The highest BCUT2D eigenvalue weighted by Crippen LogP contribution is 2.59. The summed E-state index contributed by atoms with van der Waals surface area (Å²) in [4.78, 5) is 25.2. The zero-order valence-corrected chi connectivity index (χ0v) is 22.2. The summed E-state index contributed by atoms with van der Waals surface area (Å²) in [5.41, 5.74) is 2.39. The normalized spacial score (nSPS) is 32.7. The molecule has 0 unspecified atom stereocenters. The third-order valence-electron chi connectivity index (χ3n) is 8.40. The van der Waals surface area contributed by atoms with Crippen molar-refractivity contribution in [1.29, 1.82) is 0 Å². The molecule has 0 amide bonds. The van der Waals surface area contributed by atoms with E-state index < -0.39 is 23.6 Å². The zero-order valence-electron chi connectivity index (χ0n) is 22.2. The van der Waals surface area contributed by atoms with Crippen LogP contribution in [0.25, 0.3) is 0 Å². The van der Waals surface area contributed by atoms with Gasteiger partial charge in [-0.2, -0.15) is 0 Å². The topological polar surface area (TPSA) is 83.8 Å². The zero-order chi connectivity index (χ0) is 26.0. The first kappa shape index (κ1) is 27.6. The average molecular weight is 485 g/mol. The third kappa shape index (κ3) is 6.24. The van der Waals surface area contributed by atoms with E-state index in [1.165, 1.54) is 11.6 Å². The van der Waals surface area contributed by atoms with E-state index in [2.05, 4.69) is 25.7 Å². The molecule has 0 aromatic heterocycles. The van der Waals surface area contributed by atoms with Crippen LogP contribution in [0.2, 0.25) is 0 Å². The van der Waals surface area contributed by atoms with Crippen LogP contribution in [0.15, 0.2) is 47.6 Å². The number of hydrogen-bond acceptors (Lipinski definition) is 5. The predicted molar refractivity (Wildman–Crippen MR) is 138 cm³/mol. The molecule has 35 heavy (non-hydrogen) atoms. The molecule has 3 aliphatic rings. The van der Waals surface area contributed by atoms with Crippen molar-refractivity contribution in [3.8, 4) is 0 Å². The van der Waals surface area contributed by atoms with Crippen LogP contribution >= 0.6 is 0 Å². The van der Waals surface area contributed by atoms with Crippen molar-refractivity contribution >= 4 is 11.8 Å². The molecule has 0 bridgehead atoms. The standard InChI is InChI=1S/C30H44O5/c1-19(2)35-28(34)29(4,5)27(33)14-9-20(3)25-12-13-26-22(8-7-15-30(25,26)6)11-10-21-16-23(31)18-24(32)17-21/h9-11,14,19,23-26,31-32H,3,7-8,12-13,15-18H2,1-2,4-6H3/b14-9+,22-11+/t23-,24-,25-,26+,30-/m1/s1. The second kappa shape index (κ2) is 11.0. The molecule has 0 aromatic rings. The smallest absolute Gasteiger partial charge is 0.319 e. The predicted octanol–water partition coefficient (Wildman–Crippen LogP) is 5.62. The minimum Gasteiger partial charge on any atom is -0.462 e. The summed E-state index contributed by atoms with van der Waals surface area (Å²) in [5.74, 6) is -0.0154. The second-order valence-electron chi connectivity index (χ2n) is 11.9. The highest BCUT2D eigenvalue weighted by molar-refractivity contribution is 6.08. The van der Waals surface area contributed by atoms with Gasteiger partial charge in [0.2, 0.25) is 0 Å². The van der Waals surface area contributed by atoms with E-state index in [9.17, 15) is 19.8 Å². The Morgan fingerprint density at radius 1 is 1.11 bits per heavy atom. The van der Waals surface area contributed by atoms with Crippen molar-refractivity contribution in [2.75, 3.05) is 0 Å². The molecule has 0 heterocycles. The van der Waals surface area contributed by atoms with Gasteiger partial charge in [-0.05, 0) is 102 Å². The van der Waals surface area contributed by atoms with Gasteiger partial charge < -0.3 is 14.9 Å². The van der Waals surface area contributed by atoms with Crippen LogP contribution in [0.5, 0.6) is 0 Å². The van der Waals surface area contributed by atoms with E-state index in [4.69, 9.17) is 4.74 Å². The monoisotopic (exact) mass is 484 g/mol. The van der Waals surface area contributed by atoms with Gasteiger partial charge in [-0.1, -0.05) is 48.5 Å². The minimum absolute atomic E-state index is 0.0880.